The number of hydrogen-bond donors (Lipinski definition) is 2. The summed E-state index contributed by atoms with van der Waals surface area (Å²) in [4.78, 5) is 4.87. The van der Waals surface area contributed by atoms with Crippen LogP contribution in [0.1, 0.15) is 5.56 Å². The number of benzene rings is 1. The van der Waals surface area contributed by atoms with Crippen LogP contribution in [-0.2, 0) is 16.7 Å². The Morgan fingerprint density at radius 2 is 1.31 bits per heavy atom. The summed E-state index contributed by atoms with van der Waals surface area (Å²) in [5.74, 6) is -14.7. The maximum Gasteiger partial charge on any atom is 0.460 e. The first-order chi connectivity index (χ1) is 14.2. The fourth-order valence-electron chi connectivity index (χ4n) is 2.41. The lowest BCUT2D eigenvalue weighted by Crippen LogP contribution is -2.63. The van der Waals surface area contributed by atoms with Crippen LogP contribution in [0.4, 0.5) is 45.2 Å². The van der Waals surface area contributed by atoms with Gasteiger partial charge in [-0.05, 0) is 24.7 Å². The maximum absolute atomic E-state index is 12.2. The SMILES string of the molecule is CN1CCN(Cc2ccc(N)cc2)CC1.O=S(=O)(O)C(F)(F)C(F)(F)C(F)(F)C(F)(F)F. The smallest absolute Gasteiger partial charge is 0.399 e. The van der Waals surface area contributed by atoms with Gasteiger partial charge in [0.25, 0.3) is 0 Å². The second-order valence-electron chi connectivity index (χ2n) is 6.96. The summed E-state index contributed by atoms with van der Waals surface area (Å²) in [7, 11) is -4.99. The van der Waals surface area contributed by atoms with E-state index < -0.39 is 33.4 Å². The lowest BCUT2D eigenvalue weighted by molar-refractivity contribution is -0.382. The highest BCUT2D eigenvalue weighted by Gasteiger charge is 2.85. The fraction of sp³-hybridized carbons (Fsp3) is 0.625. The zero-order chi connectivity index (χ0) is 25.2. The Bertz CT molecular complexity index is 854. The van der Waals surface area contributed by atoms with E-state index in [2.05, 4.69) is 29.0 Å². The lowest BCUT2D eigenvalue weighted by atomic mass is 10.1. The zero-order valence-electron chi connectivity index (χ0n) is 16.4. The largest absolute Gasteiger partial charge is 0.460 e. The van der Waals surface area contributed by atoms with Gasteiger partial charge in [-0.2, -0.15) is 47.9 Å². The van der Waals surface area contributed by atoms with Crippen LogP contribution in [0, 0.1) is 0 Å². The quantitative estimate of drug-likeness (QED) is 0.363. The molecule has 16 heteroatoms. The van der Waals surface area contributed by atoms with Crippen LogP contribution in [0.2, 0.25) is 0 Å². The summed E-state index contributed by atoms with van der Waals surface area (Å²) < 4.78 is 134. The molecule has 0 amide bonds. The van der Waals surface area contributed by atoms with E-state index in [4.69, 9.17) is 10.3 Å². The standard InChI is InChI=1S/C12H19N3.C4HF9O3S/c1-14-6-8-15(9-7-14)10-11-2-4-12(13)5-3-11;5-1(6,3(9,10)11)2(7,8)4(12,13)17(14,15)16/h2-5H,6-10,13H2,1H3;(H,14,15,16). The molecule has 1 aromatic carbocycles. The average molecular weight is 505 g/mol. The van der Waals surface area contributed by atoms with Gasteiger partial charge in [0.05, 0.1) is 0 Å². The molecule has 6 nitrogen and oxygen atoms in total. The lowest BCUT2D eigenvalue weighted by Gasteiger charge is -2.32. The molecule has 1 aromatic rings. The van der Waals surface area contributed by atoms with Crippen molar-refractivity contribution in [2.45, 2.75) is 29.8 Å². The third kappa shape index (κ3) is 6.17. The Morgan fingerprint density at radius 3 is 1.69 bits per heavy atom. The Labute approximate surface area is 177 Å². The fourth-order valence-corrected chi connectivity index (χ4v) is 2.86. The third-order valence-corrected chi connectivity index (χ3v) is 5.33. The van der Waals surface area contributed by atoms with Crippen molar-refractivity contribution < 1.29 is 52.5 Å². The van der Waals surface area contributed by atoms with E-state index in [1.807, 2.05) is 12.1 Å². The van der Waals surface area contributed by atoms with Crippen molar-refractivity contribution in [1.82, 2.24) is 9.80 Å². The number of nitrogen functional groups attached to an aromatic ring is 1. The van der Waals surface area contributed by atoms with Crippen LogP contribution in [0.15, 0.2) is 24.3 Å². The van der Waals surface area contributed by atoms with Gasteiger partial charge in [-0.3, -0.25) is 9.45 Å². The van der Waals surface area contributed by atoms with Crippen LogP contribution in [0.5, 0.6) is 0 Å². The number of piperazine rings is 1. The Hall–Kier alpha value is -1.78. The van der Waals surface area contributed by atoms with Crippen LogP contribution in [0.25, 0.3) is 0 Å². The summed E-state index contributed by atoms with van der Waals surface area (Å²) in [5, 5.41) is -7.00. The van der Waals surface area contributed by atoms with Crippen molar-refractivity contribution >= 4 is 15.8 Å². The molecular weight excluding hydrogens is 485 g/mol. The summed E-state index contributed by atoms with van der Waals surface area (Å²) >= 11 is 0. The monoisotopic (exact) mass is 505 g/mol. The van der Waals surface area contributed by atoms with Crippen LogP contribution in [0.3, 0.4) is 0 Å². The zero-order valence-corrected chi connectivity index (χ0v) is 17.2. The highest BCUT2D eigenvalue weighted by molar-refractivity contribution is 7.87. The van der Waals surface area contributed by atoms with Gasteiger partial charge in [0.15, 0.2) is 0 Å². The topological polar surface area (TPSA) is 86.9 Å². The Kier molecular flexibility index (Phi) is 8.48. The minimum Gasteiger partial charge on any atom is -0.399 e. The van der Waals surface area contributed by atoms with Gasteiger partial charge in [0.1, 0.15) is 0 Å². The number of halogens is 9. The van der Waals surface area contributed by atoms with E-state index in [-0.39, 0.29) is 0 Å². The first kappa shape index (κ1) is 28.3. The number of nitrogens with two attached hydrogens (primary N) is 1. The van der Waals surface area contributed by atoms with E-state index in [9.17, 15) is 47.9 Å². The van der Waals surface area contributed by atoms with Crippen LogP contribution >= 0.6 is 0 Å². The number of nitrogens with zero attached hydrogens (tertiary/aromatic N) is 2. The molecule has 186 valence electrons. The molecule has 0 atom stereocenters. The number of hydrogen-bond acceptors (Lipinski definition) is 5. The molecule has 0 spiro atoms. The van der Waals surface area contributed by atoms with E-state index in [1.54, 1.807) is 0 Å². The molecule has 0 saturated carbocycles. The Morgan fingerprint density at radius 1 is 0.875 bits per heavy atom. The first-order valence-corrected chi connectivity index (χ1v) is 10.1. The Balaban J connectivity index is 0.000000321. The van der Waals surface area contributed by atoms with E-state index in [1.165, 1.54) is 31.7 Å². The van der Waals surface area contributed by atoms with Gasteiger partial charge in [-0.15, -0.1) is 0 Å². The molecule has 3 N–H and O–H groups in total. The van der Waals surface area contributed by atoms with Gasteiger partial charge in [-0.25, -0.2) is 0 Å². The third-order valence-electron chi connectivity index (χ3n) is 4.42. The molecule has 0 bridgehead atoms. The van der Waals surface area contributed by atoms with Crippen LogP contribution in [-0.4, -0.2) is 79.3 Å². The van der Waals surface area contributed by atoms with Crippen molar-refractivity contribution in [2.24, 2.45) is 0 Å². The van der Waals surface area contributed by atoms with Gasteiger partial charge < -0.3 is 10.6 Å². The molecule has 0 radical (unpaired) electrons. The molecule has 32 heavy (non-hydrogen) atoms. The minimum atomic E-state index is -7.37. The summed E-state index contributed by atoms with van der Waals surface area (Å²) in [6.45, 7) is 5.74. The van der Waals surface area contributed by atoms with Crippen molar-refractivity contribution in [3.8, 4) is 0 Å². The van der Waals surface area contributed by atoms with Crippen molar-refractivity contribution in [1.29, 1.82) is 0 Å². The maximum atomic E-state index is 12.2. The van der Waals surface area contributed by atoms with Crippen molar-refractivity contribution in [3.63, 3.8) is 0 Å². The molecule has 1 saturated heterocycles. The molecule has 1 heterocycles. The first-order valence-electron chi connectivity index (χ1n) is 8.66. The van der Waals surface area contributed by atoms with Crippen molar-refractivity contribution in [2.75, 3.05) is 39.0 Å². The summed E-state index contributed by atoms with van der Waals surface area (Å²) in [6.07, 6.45) is -7.13. The predicted molar refractivity (Wildman–Crippen MR) is 96.1 cm³/mol. The van der Waals surface area contributed by atoms with Gasteiger partial charge in [-0.1, -0.05) is 12.1 Å². The molecule has 0 aromatic heterocycles. The molecule has 0 unspecified atom stereocenters. The molecule has 1 fully saturated rings. The molecule has 1 aliphatic rings. The second kappa shape index (κ2) is 9.61. The summed E-state index contributed by atoms with van der Waals surface area (Å²) in [6, 6.07) is 8.19. The molecular formula is C16H20F9N3O3S. The normalized spacial score (nSPS) is 17.6. The van der Waals surface area contributed by atoms with Gasteiger partial charge >= 0.3 is 33.4 Å². The molecule has 1 aliphatic heterocycles. The molecule has 0 aliphatic carbocycles. The average Bonchev–Trinajstić information content (AvgIpc) is 2.64. The number of anilines is 1. The number of rotatable bonds is 5. The van der Waals surface area contributed by atoms with Gasteiger partial charge in [0, 0.05) is 38.4 Å². The highest BCUT2D eigenvalue weighted by atomic mass is 32.2. The minimum absolute atomic E-state index is 0.845. The molecule has 2 rings (SSSR count). The number of alkyl halides is 9. The van der Waals surface area contributed by atoms with Gasteiger partial charge in [0.2, 0.25) is 0 Å². The van der Waals surface area contributed by atoms with E-state index >= 15 is 0 Å². The van der Waals surface area contributed by atoms with E-state index in [0.717, 1.165) is 12.2 Å². The van der Waals surface area contributed by atoms with E-state index in [0.29, 0.717) is 0 Å². The summed E-state index contributed by atoms with van der Waals surface area (Å²) in [5.41, 5.74) is 7.86. The highest BCUT2D eigenvalue weighted by Crippen LogP contribution is 2.54. The number of likely N-dealkylation sites (N-methyl/N-ethyl adjacent to an activating group) is 1. The predicted octanol–water partition coefficient (Wildman–Crippen LogP) is 3.32. The van der Waals surface area contributed by atoms with Crippen molar-refractivity contribution in [3.05, 3.63) is 29.8 Å². The second-order valence-corrected chi connectivity index (χ2v) is 8.42. The van der Waals surface area contributed by atoms with Crippen LogP contribution < -0.4 is 5.73 Å².